The van der Waals surface area contributed by atoms with Gasteiger partial charge in [-0.25, -0.2) is 0 Å². The van der Waals surface area contributed by atoms with E-state index in [1.54, 1.807) is 0 Å². The number of anilines is 1. The number of aryl methyl sites for hydroxylation is 1. The summed E-state index contributed by atoms with van der Waals surface area (Å²) in [5.74, 6) is 1.55. The van der Waals surface area contributed by atoms with Crippen molar-refractivity contribution in [1.82, 2.24) is 5.32 Å². The van der Waals surface area contributed by atoms with Crippen molar-refractivity contribution in [3.8, 4) is 0 Å². The minimum absolute atomic E-state index is 0.144. The lowest BCUT2D eigenvalue weighted by molar-refractivity contribution is -0.121. The summed E-state index contributed by atoms with van der Waals surface area (Å²) in [6, 6.07) is 7.76. The molecule has 1 amide bonds. The zero-order valence-electron chi connectivity index (χ0n) is 12.4. The summed E-state index contributed by atoms with van der Waals surface area (Å²) in [6.45, 7) is 3.14. The lowest BCUT2D eigenvalue weighted by Gasteiger charge is -2.28. The molecule has 0 saturated heterocycles. The molecule has 1 fully saturated rings. The van der Waals surface area contributed by atoms with E-state index < -0.39 is 0 Å². The molecule has 0 radical (unpaired) electrons. The first-order valence-electron chi connectivity index (χ1n) is 7.77. The summed E-state index contributed by atoms with van der Waals surface area (Å²) in [5, 5.41) is 3.09. The average molecular weight is 274 g/mol. The molecule has 20 heavy (non-hydrogen) atoms. The molecular formula is C17H26N2O. The van der Waals surface area contributed by atoms with Crippen LogP contribution >= 0.6 is 0 Å². The standard InChI is InChI=1S/C17H26N2O/c1-13-6-2-3-8-15(13)12-19-17(20)11-10-14-7-4-5-9-16(14)18/h4-5,7,9,13,15H,2-3,6,8,10-12,18H2,1H3,(H,19,20). The molecule has 1 aliphatic rings. The van der Waals surface area contributed by atoms with E-state index in [-0.39, 0.29) is 5.91 Å². The Kier molecular flexibility index (Phi) is 5.45. The van der Waals surface area contributed by atoms with Gasteiger partial charge >= 0.3 is 0 Å². The van der Waals surface area contributed by atoms with Crippen LogP contribution in [0.2, 0.25) is 0 Å². The Morgan fingerprint density at radius 1 is 1.30 bits per heavy atom. The molecule has 1 aliphatic carbocycles. The summed E-state index contributed by atoms with van der Waals surface area (Å²) in [4.78, 5) is 11.9. The number of hydrogen-bond donors (Lipinski definition) is 2. The highest BCUT2D eigenvalue weighted by atomic mass is 16.1. The number of hydrogen-bond acceptors (Lipinski definition) is 2. The van der Waals surface area contributed by atoms with Crippen molar-refractivity contribution in [3.05, 3.63) is 29.8 Å². The molecule has 2 unspecified atom stereocenters. The van der Waals surface area contributed by atoms with E-state index >= 15 is 0 Å². The van der Waals surface area contributed by atoms with Crippen LogP contribution in [0.5, 0.6) is 0 Å². The molecule has 110 valence electrons. The van der Waals surface area contributed by atoms with Crippen molar-refractivity contribution in [2.75, 3.05) is 12.3 Å². The fourth-order valence-corrected chi connectivity index (χ4v) is 3.04. The molecule has 3 heteroatoms. The lowest BCUT2D eigenvalue weighted by Crippen LogP contribution is -2.33. The molecule has 1 aromatic carbocycles. The number of carbonyl (C=O) groups is 1. The Hall–Kier alpha value is -1.51. The van der Waals surface area contributed by atoms with Crippen molar-refractivity contribution in [2.24, 2.45) is 11.8 Å². The SMILES string of the molecule is CC1CCCCC1CNC(=O)CCc1ccccc1N. The Morgan fingerprint density at radius 3 is 2.80 bits per heavy atom. The topological polar surface area (TPSA) is 55.1 Å². The van der Waals surface area contributed by atoms with Gasteiger partial charge in [-0.1, -0.05) is 44.4 Å². The van der Waals surface area contributed by atoms with E-state index in [1.807, 2.05) is 24.3 Å². The van der Waals surface area contributed by atoms with Gasteiger partial charge < -0.3 is 11.1 Å². The molecule has 1 aromatic rings. The second-order valence-electron chi connectivity index (χ2n) is 6.02. The van der Waals surface area contributed by atoms with Gasteiger partial charge in [-0.05, 0) is 36.3 Å². The van der Waals surface area contributed by atoms with Crippen molar-refractivity contribution in [1.29, 1.82) is 0 Å². The zero-order valence-corrected chi connectivity index (χ0v) is 12.4. The zero-order chi connectivity index (χ0) is 14.4. The summed E-state index contributed by atoms with van der Waals surface area (Å²) < 4.78 is 0. The van der Waals surface area contributed by atoms with Crippen LogP contribution in [0.1, 0.15) is 44.6 Å². The number of nitrogens with one attached hydrogen (secondary N) is 1. The van der Waals surface area contributed by atoms with E-state index in [9.17, 15) is 4.79 Å². The molecule has 0 bridgehead atoms. The smallest absolute Gasteiger partial charge is 0.220 e. The van der Waals surface area contributed by atoms with Gasteiger partial charge in [0.2, 0.25) is 5.91 Å². The highest BCUT2D eigenvalue weighted by Gasteiger charge is 2.21. The maximum atomic E-state index is 11.9. The van der Waals surface area contributed by atoms with Crippen molar-refractivity contribution < 1.29 is 4.79 Å². The summed E-state index contributed by atoms with van der Waals surface area (Å²) in [5.41, 5.74) is 7.73. The van der Waals surface area contributed by atoms with Crippen LogP contribution in [0.25, 0.3) is 0 Å². The lowest BCUT2D eigenvalue weighted by atomic mass is 9.80. The van der Waals surface area contributed by atoms with Crippen LogP contribution in [0, 0.1) is 11.8 Å². The normalized spacial score (nSPS) is 22.4. The van der Waals surface area contributed by atoms with Crippen LogP contribution in [0.15, 0.2) is 24.3 Å². The largest absolute Gasteiger partial charge is 0.399 e. The number of rotatable bonds is 5. The Bertz CT molecular complexity index is 444. The van der Waals surface area contributed by atoms with Gasteiger partial charge in [0, 0.05) is 18.7 Å². The van der Waals surface area contributed by atoms with Gasteiger partial charge in [0.05, 0.1) is 0 Å². The van der Waals surface area contributed by atoms with E-state index in [4.69, 9.17) is 5.73 Å². The third-order valence-corrected chi connectivity index (χ3v) is 4.53. The predicted molar refractivity (Wildman–Crippen MR) is 83.3 cm³/mol. The molecule has 0 aromatic heterocycles. The van der Waals surface area contributed by atoms with Crippen LogP contribution in [-0.4, -0.2) is 12.5 Å². The highest BCUT2D eigenvalue weighted by molar-refractivity contribution is 5.76. The fourth-order valence-electron chi connectivity index (χ4n) is 3.04. The molecule has 0 heterocycles. The van der Waals surface area contributed by atoms with Gasteiger partial charge in [-0.2, -0.15) is 0 Å². The Labute approximate surface area is 121 Å². The van der Waals surface area contributed by atoms with E-state index in [0.29, 0.717) is 12.3 Å². The van der Waals surface area contributed by atoms with Gasteiger partial charge in [0.1, 0.15) is 0 Å². The van der Waals surface area contributed by atoms with Crippen molar-refractivity contribution in [3.63, 3.8) is 0 Å². The first-order valence-corrected chi connectivity index (χ1v) is 7.77. The molecule has 0 aliphatic heterocycles. The quantitative estimate of drug-likeness (QED) is 0.810. The second-order valence-corrected chi connectivity index (χ2v) is 6.02. The monoisotopic (exact) mass is 274 g/mol. The number of nitrogens with two attached hydrogens (primary N) is 1. The maximum Gasteiger partial charge on any atom is 0.220 e. The Morgan fingerprint density at radius 2 is 2.05 bits per heavy atom. The number of nitrogen functional groups attached to an aromatic ring is 1. The fraction of sp³-hybridized carbons (Fsp3) is 0.588. The molecular weight excluding hydrogens is 248 g/mol. The number of carbonyl (C=O) groups excluding carboxylic acids is 1. The average Bonchev–Trinajstić information content (AvgIpc) is 2.45. The first-order chi connectivity index (χ1) is 9.66. The van der Waals surface area contributed by atoms with E-state index in [1.165, 1.54) is 25.7 Å². The first kappa shape index (κ1) is 14.9. The highest BCUT2D eigenvalue weighted by Crippen LogP contribution is 2.28. The van der Waals surface area contributed by atoms with Gasteiger partial charge in [0.25, 0.3) is 0 Å². The number of para-hydroxylation sites is 1. The molecule has 1 saturated carbocycles. The molecule has 3 nitrogen and oxygen atoms in total. The van der Waals surface area contributed by atoms with E-state index in [0.717, 1.165) is 30.1 Å². The number of benzene rings is 1. The number of amides is 1. The Balaban J connectivity index is 1.71. The summed E-state index contributed by atoms with van der Waals surface area (Å²) in [7, 11) is 0. The van der Waals surface area contributed by atoms with Gasteiger partial charge in [0.15, 0.2) is 0 Å². The molecule has 2 atom stereocenters. The minimum atomic E-state index is 0.144. The van der Waals surface area contributed by atoms with Crippen LogP contribution in [0.3, 0.4) is 0 Å². The molecule has 3 N–H and O–H groups in total. The van der Waals surface area contributed by atoms with Crippen molar-refractivity contribution >= 4 is 11.6 Å². The van der Waals surface area contributed by atoms with Gasteiger partial charge in [-0.3, -0.25) is 4.79 Å². The van der Waals surface area contributed by atoms with Crippen LogP contribution in [-0.2, 0) is 11.2 Å². The molecule has 2 rings (SSSR count). The van der Waals surface area contributed by atoms with Gasteiger partial charge in [-0.15, -0.1) is 0 Å². The van der Waals surface area contributed by atoms with Crippen LogP contribution in [0.4, 0.5) is 5.69 Å². The van der Waals surface area contributed by atoms with E-state index in [2.05, 4.69) is 12.2 Å². The maximum absolute atomic E-state index is 11.9. The third-order valence-electron chi connectivity index (χ3n) is 4.53. The summed E-state index contributed by atoms with van der Waals surface area (Å²) >= 11 is 0. The summed E-state index contributed by atoms with van der Waals surface area (Å²) in [6.07, 6.45) is 6.46. The van der Waals surface area contributed by atoms with Crippen LogP contribution < -0.4 is 11.1 Å². The molecule has 0 spiro atoms. The third kappa shape index (κ3) is 4.26. The van der Waals surface area contributed by atoms with Crippen molar-refractivity contribution in [2.45, 2.75) is 45.4 Å². The predicted octanol–water partition coefficient (Wildman–Crippen LogP) is 3.14. The second kappa shape index (κ2) is 7.32. The minimum Gasteiger partial charge on any atom is -0.399 e.